The van der Waals surface area contributed by atoms with Crippen LogP contribution in [0.15, 0.2) is 0 Å². The summed E-state index contributed by atoms with van der Waals surface area (Å²) in [6, 6.07) is 0. The molecule has 0 aromatic carbocycles. The Kier molecular flexibility index (Phi) is 4.93. The molecule has 3 nitrogen and oxygen atoms in total. The fourth-order valence-electron chi connectivity index (χ4n) is 1.88. The van der Waals surface area contributed by atoms with Crippen molar-refractivity contribution in [3.63, 3.8) is 0 Å². The molecule has 0 bridgehead atoms. The van der Waals surface area contributed by atoms with Gasteiger partial charge in [-0.1, -0.05) is 19.6 Å². The minimum absolute atomic E-state index is 0. The summed E-state index contributed by atoms with van der Waals surface area (Å²) >= 11 is 0. The van der Waals surface area contributed by atoms with Crippen LogP contribution in [-0.4, -0.2) is 31.0 Å². The molecule has 0 radical (unpaired) electrons. The third-order valence-corrected chi connectivity index (χ3v) is 5.86. The SMILES string of the molecule is C[Si](C)(C)C1(C(=O)O)CCCCO1.[H-].[Li+]. The van der Waals surface area contributed by atoms with Gasteiger partial charge in [-0.15, -0.1) is 0 Å². The molecule has 1 aliphatic rings. The minimum atomic E-state index is -1.79. The van der Waals surface area contributed by atoms with E-state index in [1.807, 2.05) is 0 Å². The van der Waals surface area contributed by atoms with Gasteiger partial charge in [-0.05, 0) is 19.3 Å². The van der Waals surface area contributed by atoms with Crippen molar-refractivity contribution >= 4 is 14.0 Å². The number of hydrogen-bond acceptors (Lipinski definition) is 2. The van der Waals surface area contributed by atoms with E-state index < -0.39 is 19.3 Å². The average Bonchev–Trinajstić information content (AvgIpc) is 2.03. The zero-order valence-corrected chi connectivity index (χ0v) is 10.6. The second-order valence-electron chi connectivity index (χ2n) is 4.69. The van der Waals surface area contributed by atoms with Crippen molar-refractivity contribution in [2.75, 3.05) is 6.61 Å². The van der Waals surface area contributed by atoms with Crippen LogP contribution in [-0.2, 0) is 9.53 Å². The number of ether oxygens (including phenoxy) is 1. The molecule has 0 saturated carbocycles. The molecular weight excluding hydrogens is 191 g/mol. The first-order valence-electron chi connectivity index (χ1n) is 4.77. The Morgan fingerprint density at radius 2 is 2.00 bits per heavy atom. The number of rotatable bonds is 2. The van der Waals surface area contributed by atoms with Crippen molar-refractivity contribution in [2.45, 2.75) is 44.1 Å². The van der Waals surface area contributed by atoms with Gasteiger partial charge in [-0.2, -0.15) is 0 Å². The number of carbonyl (C=O) groups is 1. The molecule has 1 aliphatic heterocycles. The molecule has 5 heteroatoms. The van der Waals surface area contributed by atoms with Gasteiger partial charge in [0.2, 0.25) is 0 Å². The van der Waals surface area contributed by atoms with Crippen LogP contribution in [0, 0.1) is 0 Å². The number of hydrogen-bond donors (Lipinski definition) is 1. The van der Waals surface area contributed by atoms with E-state index in [4.69, 9.17) is 4.74 Å². The standard InChI is InChI=1S/C9H18O3Si.Li.H/c1-13(2,3)9(8(10)11)6-4-5-7-12-9;;/h4-7H2,1-3H3,(H,10,11);;/q;+1;-1. The van der Waals surface area contributed by atoms with Crippen LogP contribution in [0.3, 0.4) is 0 Å². The molecule has 0 amide bonds. The molecule has 78 valence electrons. The molecule has 0 aromatic heterocycles. The third-order valence-electron chi connectivity index (χ3n) is 2.83. The molecule has 1 N–H and O–H groups in total. The van der Waals surface area contributed by atoms with Crippen molar-refractivity contribution in [2.24, 2.45) is 0 Å². The molecule has 1 unspecified atom stereocenters. The third kappa shape index (κ3) is 2.43. The fourth-order valence-corrected chi connectivity index (χ4v) is 3.98. The molecule has 14 heavy (non-hydrogen) atoms. The molecule has 1 fully saturated rings. The van der Waals surface area contributed by atoms with Gasteiger partial charge in [-0.25, -0.2) is 4.79 Å². The quantitative estimate of drug-likeness (QED) is 0.595. The summed E-state index contributed by atoms with van der Waals surface area (Å²) in [5, 5.41) is 8.41. The predicted octanol–water partition coefficient (Wildman–Crippen LogP) is -0.996. The topological polar surface area (TPSA) is 46.5 Å². The fraction of sp³-hybridized carbons (Fsp3) is 0.889. The predicted molar refractivity (Wildman–Crippen MR) is 54.6 cm³/mol. The second-order valence-corrected chi connectivity index (χ2v) is 10.00. The first-order valence-corrected chi connectivity index (χ1v) is 8.27. The monoisotopic (exact) mass is 210 g/mol. The van der Waals surface area contributed by atoms with Gasteiger partial charge in [0.05, 0.1) is 8.07 Å². The van der Waals surface area contributed by atoms with Gasteiger partial charge >= 0.3 is 24.8 Å². The summed E-state index contributed by atoms with van der Waals surface area (Å²) < 4.78 is 5.55. The van der Waals surface area contributed by atoms with Crippen LogP contribution in [0.2, 0.25) is 19.6 Å². The molecule has 0 aromatic rings. The average molecular weight is 210 g/mol. The first-order chi connectivity index (χ1) is 5.90. The first kappa shape index (κ1) is 14.2. The largest absolute Gasteiger partial charge is 1.00 e. The van der Waals surface area contributed by atoms with E-state index in [0.29, 0.717) is 13.0 Å². The molecule has 1 atom stereocenters. The summed E-state index contributed by atoms with van der Waals surface area (Å²) in [6.07, 6.45) is 2.67. The Labute approximate surface area is 99.9 Å². The van der Waals surface area contributed by atoms with Crippen LogP contribution < -0.4 is 18.9 Å². The Hall–Kier alpha value is 0.244. The zero-order valence-electron chi connectivity index (χ0n) is 10.6. The van der Waals surface area contributed by atoms with Crippen LogP contribution in [0.25, 0.3) is 0 Å². The number of carboxylic acid groups (broad SMARTS) is 1. The Balaban J connectivity index is 0. The molecule has 0 aliphatic carbocycles. The van der Waals surface area contributed by atoms with E-state index in [0.717, 1.165) is 12.8 Å². The summed E-state index contributed by atoms with van der Waals surface area (Å²) in [5.74, 6) is -0.758. The maximum Gasteiger partial charge on any atom is 1.00 e. The van der Waals surface area contributed by atoms with E-state index in [-0.39, 0.29) is 20.3 Å². The van der Waals surface area contributed by atoms with Gasteiger partial charge in [-0.3, -0.25) is 0 Å². The van der Waals surface area contributed by atoms with Crippen LogP contribution in [0.4, 0.5) is 0 Å². The Bertz CT molecular complexity index is 212. The second kappa shape index (κ2) is 4.84. The van der Waals surface area contributed by atoms with Crippen LogP contribution >= 0.6 is 0 Å². The van der Waals surface area contributed by atoms with E-state index in [9.17, 15) is 9.90 Å². The Morgan fingerprint density at radius 3 is 2.21 bits per heavy atom. The van der Waals surface area contributed by atoms with Crippen molar-refractivity contribution < 1.29 is 34.9 Å². The van der Waals surface area contributed by atoms with Gasteiger partial charge in [0.15, 0.2) is 5.22 Å². The summed E-state index contributed by atoms with van der Waals surface area (Å²) in [6.45, 7) is 6.79. The van der Waals surface area contributed by atoms with E-state index in [1.54, 1.807) is 0 Å². The number of carboxylic acids is 1. The molecule has 0 spiro atoms. The molecule has 1 rings (SSSR count). The van der Waals surface area contributed by atoms with Crippen molar-refractivity contribution in [1.82, 2.24) is 0 Å². The minimum Gasteiger partial charge on any atom is -1.00 e. The van der Waals surface area contributed by atoms with Gasteiger partial charge in [0.25, 0.3) is 0 Å². The maximum absolute atomic E-state index is 11.2. The van der Waals surface area contributed by atoms with E-state index >= 15 is 0 Å². The van der Waals surface area contributed by atoms with Crippen LogP contribution in [0.5, 0.6) is 0 Å². The molecule has 1 heterocycles. The van der Waals surface area contributed by atoms with Crippen LogP contribution in [0.1, 0.15) is 20.7 Å². The molecular formula is C9H19LiO3Si. The van der Waals surface area contributed by atoms with Gasteiger partial charge in [0.1, 0.15) is 0 Å². The zero-order chi connectivity index (χ0) is 10.1. The summed E-state index contributed by atoms with van der Waals surface area (Å²) in [5.41, 5.74) is 0. The molecule has 1 saturated heterocycles. The van der Waals surface area contributed by atoms with Gasteiger partial charge in [0, 0.05) is 6.61 Å². The van der Waals surface area contributed by atoms with Crippen molar-refractivity contribution in [3.05, 3.63) is 0 Å². The van der Waals surface area contributed by atoms with E-state index in [1.165, 1.54) is 0 Å². The van der Waals surface area contributed by atoms with Gasteiger partial charge < -0.3 is 11.3 Å². The maximum atomic E-state index is 11.2. The summed E-state index contributed by atoms with van der Waals surface area (Å²) in [4.78, 5) is 11.2. The smallest absolute Gasteiger partial charge is 1.00 e. The van der Waals surface area contributed by atoms with Crippen molar-refractivity contribution in [1.29, 1.82) is 0 Å². The number of aliphatic carboxylic acids is 1. The normalized spacial score (nSPS) is 27.9. The summed E-state index contributed by atoms with van der Waals surface area (Å²) in [7, 11) is -1.79. The van der Waals surface area contributed by atoms with E-state index in [2.05, 4.69) is 19.6 Å². The Morgan fingerprint density at radius 1 is 1.43 bits per heavy atom. The van der Waals surface area contributed by atoms with Crippen molar-refractivity contribution in [3.8, 4) is 0 Å².